The Balaban J connectivity index is 1.43. The number of amides is 2. The van der Waals surface area contributed by atoms with E-state index in [1.54, 1.807) is 30.3 Å². The molecule has 0 aliphatic rings. The van der Waals surface area contributed by atoms with E-state index in [1.807, 2.05) is 48.5 Å². The van der Waals surface area contributed by atoms with Gasteiger partial charge in [0.15, 0.2) is 18.1 Å². The number of halogens is 1. The summed E-state index contributed by atoms with van der Waals surface area (Å²) >= 11 is 3.47. The average Bonchev–Trinajstić information content (AvgIpc) is 2.92. The molecular weight excluding hydrogens is 538 g/mol. The Morgan fingerprint density at radius 1 is 0.865 bits per heavy atom. The van der Waals surface area contributed by atoms with Crippen LogP contribution in [0.25, 0.3) is 10.8 Å². The Hall–Kier alpha value is -4.37. The van der Waals surface area contributed by atoms with Crippen molar-refractivity contribution in [1.82, 2.24) is 5.43 Å². The van der Waals surface area contributed by atoms with E-state index in [4.69, 9.17) is 14.2 Å². The summed E-state index contributed by atoms with van der Waals surface area (Å²) in [5.41, 5.74) is 4.21. The molecule has 0 aliphatic carbocycles. The molecule has 0 saturated heterocycles. The second-order valence-electron chi connectivity index (χ2n) is 7.83. The fourth-order valence-electron chi connectivity index (χ4n) is 3.57. The summed E-state index contributed by atoms with van der Waals surface area (Å²) in [6.07, 6.45) is 1.48. The molecule has 2 N–H and O–H groups in total. The fraction of sp³-hybridized carbons (Fsp3) is 0.107. The van der Waals surface area contributed by atoms with Gasteiger partial charge in [0.1, 0.15) is 5.75 Å². The van der Waals surface area contributed by atoms with Crippen LogP contribution in [0.15, 0.2) is 88.4 Å². The maximum atomic E-state index is 12.8. The van der Waals surface area contributed by atoms with Crippen molar-refractivity contribution in [3.05, 3.63) is 94.5 Å². The molecule has 37 heavy (non-hydrogen) atoms. The highest BCUT2D eigenvalue weighted by molar-refractivity contribution is 9.10. The SMILES string of the molecule is COc1cc(/C=N\NC(=O)c2cc3ccccc3cc2OC)c(Br)cc1OCC(=O)Nc1ccccc1. The number of benzene rings is 4. The largest absolute Gasteiger partial charge is 0.496 e. The van der Waals surface area contributed by atoms with Crippen LogP contribution in [0.3, 0.4) is 0 Å². The first-order chi connectivity index (χ1) is 18.0. The lowest BCUT2D eigenvalue weighted by Gasteiger charge is -2.13. The number of anilines is 1. The fourth-order valence-corrected chi connectivity index (χ4v) is 4.00. The van der Waals surface area contributed by atoms with Gasteiger partial charge in [0.2, 0.25) is 0 Å². The Kier molecular flexibility index (Phi) is 8.37. The summed E-state index contributed by atoms with van der Waals surface area (Å²) in [5.74, 6) is 0.513. The van der Waals surface area contributed by atoms with Gasteiger partial charge in [-0.15, -0.1) is 0 Å². The lowest BCUT2D eigenvalue weighted by Crippen LogP contribution is -2.20. The number of nitrogens with one attached hydrogen (secondary N) is 2. The number of methoxy groups -OCH3 is 2. The van der Waals surface area contributed by atoms with Crippen molar-refractivity contribution in [3.63, 3.8) is 0 Å². The molecule has 0 bridgehead atoms. The van der Waals surface area contributed by atoms with Crippen LogP contribution in [-0.2, 0) is 4.79 Å². The molecule has 0 unspecified atom stereocenters. The molecule has 0 heterocycles. The van der Waals surface area contributed by atoms with Gasteiger partial charge in [-0.05, 0) is 63.1 Å². The first kappa shape index (κ1) is 25.7. The van der Waals surface area contributed by atoms with Crippen LogP contribution in [0.2, 0.25) is 0 Å². The number of hydrogen-bond donors (Lipinski definition) is 2. The molecule has 4 aromatic carbocycles. The van der Waals surface area contributed by atoms with E-state index >= 15 is 0 Å². The monoisotopic (exact) mass is 561 g/mol. The Labute approximate surface area is 222 Å². The molecule has 0 spiro atoms. The number of hydrogen-bond acceptors (Lipinski definition) is 6. The second-order valence-corrected chi connectivity index (χ2v) is 8.68. The number of fused-ring (bicyclic) bond motifs is 1. The van der Waals surface area contributed by atoms with Crippen LogP contribution in [0.1, 0.15) is 15.9 Å². The van der Waals surface area contributed by atoms with E-state index in [9.17, 15) is 9.59 Å². The molecule has 2 amide bonds. The zero-order valence-electron chi connectivity index (χ0n) is 20.2. The summed E-state index contributed by atoms with van der Waals surface area (Å²) in [6.45, 7) is -0.200. The molecule has 0 saturated carbocycles. The predicted molar refractivity (Wildman–Crippen MR) is 147 cm³/mol. The third-order valence-electron chi connectivity index (χ3n) is 5.38. The number of hydrazone groups is 1. The molecule has 0 atom stereocenters. The third kappa shape index (κ3) is 6.45. The van der Waals surface area contributed by atoms with Gasteiger partial charge in [0, 0.05) is 15.7 Å². The van der Waals surface area contributed by atoms with Crippen molar-refractivity contribution < 1.29 is 23.8 Å². The number of nitrogens with zero attached hydrogens (tertiary/aromatic N) is 1. The standard InChI is InChI=1S/C28H24BrN3O5/c1-35-24-13-19-9-7-6-8-18(19)12-22(24)28(34)32-30-16-20-14-25(36-2)26(15-23(20)29)37-17-27(33)31-21-10-4-3-5-11-21/h3-16H,17H2,1-2H3,(H,31,33)(H,32,34)/b30-16-. The van der Waals surface area contributed by atoms with Gasteiger partial charge >= 0.3 is 0 Å². The van der Waals surface area contributed by atoms with Crippen molar-refractivity contribution in [2.75, 3.05) is 26.1 Å². The minimum atomic E-state index is -0.411. The number of carbonyl (C=O) groups is 2. The van der Waals surface area contributed by atoms with Crippen LogP contribution in [0, 0.1) is 0 Å². The van der Waals surface area contributed by atoms with Crippen LogP contribution in [0.5, 0.6) is 17.2 Å². The third-order valence-corrected chi connectivity index (χ3v) is 6.07. The van der Waals surface area contributed by atoms with Gasteiger partial charge in [0.05, 0.1) is 26.0 Å². The zero-order valence-corrected chi connectivity index (χ0v) is 21.7. The lowest BCUT2D eigenvalue weighted by atomic mass is 10.1. The number of ether oxygens (including phenoxy) is 3. The van der Waals surface area contributed by atoms with E-state index in [0.29, 0.717) is 38.5 Å². The van der Waals surface area contributed by atoms with E-state index in [2.05, 4.69) is 31.8 Å². The highest BCUT2D eigenvalue weighted by atomic mass is 79.9. The van der Waals surface area contributed by atoms with Gasteiger partial charge in [0.25, 0.3) is 11.8 Å². The maximum absolute atomic E-state index is 12.8. The summed E-state index contributed by atoms with van der Waals surface area (Å²) in [6, 6.07) is 23.7. The topological polar surface area (TPSA) is 98.2 Å². The number of para-hydroxylation sites is 1. The van der Waals surface area contributed by atoms with Gasteiger partial charge < -0.3 is 19.5 Å². The maximum Gasteiger partial charge on any atom is 0.275 e. The van der Waals surface area contributed by atoms with Crippen molar-refractivity contribution in [1.29, 1.82) is 0 Å². The molecule has 0 radical (unpaired) electrons. The van der Waals surface area contributed by atoms with Crippen molar-refractivity contribution >= 4 is 50.4 Å². The van der Waals surface area contributed by atoms with E-state index < -0.39 is 5.91 Å². The molecule has 4 aromatic rings. The van der Waals surface area contributed by atoms with Crippen LogP contribution < -0.4 is 25.0 Å². The normalized spacial score (nSPS) is 10.8. The summed E-state index contributed by atoms with van der Waals surface area (Å²) in [7, 11) is 3.01. The van der Waals surface area contributed by atoms with E-state index in [0.717, 1.165) is 10.8 Å². The molecular formula is C28H24BrN3O5. The van der Waals surface area contributed by atoms with Crippen LogP contribution in [-0.4, -0.2) is 38.9 Å². The van der Waals surface area contributed by atoms with E-state index in [1.165, 1.54) is 20.4 Å². The molecule has 4 rings (SSSR count). The summed E-state index contributed by atoms with van der Waals surface area (Å²) in [4.78, 5) is 25.0. The summed E-state index contributed by atoms with van der Waals surface area (Å²) < 4.78 is 17.1. The molecule has 188 valence electrons. The van der Waals surface area contributed by atoms with Gasteiger partial charge in [-0.25, -0.2) is 5.43 Å². The molecule has 0 aromatic heterocycles. The number of carbonyl (C=O) groups excluding carboxylic acids is 2. The van der Waals surface area contributed by atoms with Gasteiger partial charge in [-0.3, -0.25) is 9.59 Å². The highest BCUT2D eigenvalue weighted by Crippen LogP contribution is 2.33. The average molecular weight is 562 g/mol. The van der Waals surface area contributed by atoms with Crippen LogP contribution >= 0.6 is 15.9 Å². The van der Waals surface area contributed by atoms with Crippen molar-refractivity contribution in [2.24, 2.45) is 5.10 Å². The molecule has 9 heteroatoms. The smallest absolute Gasteiger partial charge is 0.275 e. The van der Waals surface area contributed by atoms with Crippen LogP contribution in [0.4, 0.5) is 5.69 Å². The highest BCUT2D eigenvalue weighted by Gasteiger charge is 2.14. The Bertz CT molecular complexity index is 1460. The second kappa shape index (κ2) is 12.0. The number of rotatable bonds is 9. The minimum Gasteiger partial charge on any atom is -0.496 e. The summed E-state index contributed by atoms with van der Waals surface area (Å²) in [5, 5.41) is 8.73. The van der Waals surface area contributed by atoms with Gasteiger partial charge in [-0.1, -0.05) is 42.5 Å². The van der Waals surface area contributed by atoms with E-state index in [-0.39, 0.29) is 12.5 Å². The predicted octanol–water partition coefficient (Wildman–Crippen LogP) is 5.40. The molecule has 0 fully saturated rings. The first-order valence-electron chi connectivity index (χ1n) is 11.2. The quantitative estimate of drug-likeness (QED) is 0.210. The van der Waals surface area contributed by atoms with Crippen molar-refractivity contribution in [3.8, 4) is 17.2 Å². The zero-order chi connectivity index (χ0) is 26.2. The molecule has 8 nitrogen and oxygen atoms in total. The first-order valence-corrected chi connectivity index (χ1v) is 12.0. The Morgan fingerprint density at radius 2 is 1.54 bits per heavy atom. The molecule has 0 aliphatic heterocycles. The minimum absolute atomic E-state index is 0.200. The van der Waals surface area contributed by atoms with Crippen molar-refractivity contribution in [2.45, 2.75) is 0 Å². The lowest BCUT2D eigenvalue weighted by molar-refractivity contribution is -0.118. The Morgan fingerprint density at radius 3 is 2.24 bits per heavy atom. The van der Waals surface area contributed by atoms with Gasteiger partial charge in [-0.2, -0.15) is 5.10 Å².